The summed E-state index contributed by atoms with van der Waals surface area (Å²) in [5, 5.41) is 15.5. The number of rotatable bonds is 6. The Morgan fingerprint density at radius 2 is 1.96 bits per heavy atom. The summed E-state index contributed by atoms with van der Waals surface area (Å²) in [6.45, 7) is 0.611. The van der Waals surface area contributed by atoms with Gasteiger partial charge in [-0.15, -0.1) is 0 Å². The van der Waals surface area contributed by atoms with E-state index in [1.54, 1.807) is 18.5 Å². The maximum atomic E-state index is 10.8. The van der Waals surface area contributed by atoms with E-state index in [-0.39, 0.29) is 4.88 Å². The normalized spacial score (nSPS) is 10.3. The molecule has 0 atom stereocenters. The molecule has 3 N–H and O–H groups in total. The van der Waals surface area contributed by atoms with Crippen LogP contribution >= 0.6 is 11.3 Å². The molecule has 0 saturated heterocycles. The average molecular weight is 328 g/mol. The highest BCUT2D eigenvalue weighted by molar-refractivity contribution is 7.17. The van der Waals surface area contributed by atoms with Crippen LogP contribution < -0.4 is 10.6 Å². The van der Waals surface area contributed by atoms with Gasteiger partial charge in [0.1, 0.15) is 22.8 Å². The van der Waals surface area contributed by atoms with E-state index in [1.807, 2.05) is 12.1 Å². The number of carboxylic acid groups (broad SMARTS) is 1. The average Bonchev–Trinajstić information content (AvgIpc) is 3.03. The lowest BCUT2D eigenvalue weighted by Gasteiger charge is -2.07. The standard InChI is InChI=1S/C14H12N6O2S/c21-13(22)10-7-17-14(23-10)20-12-5-11(18-8-19-12)16-6-9-1-3-15-4-2-9/h1-5,7-8H,6H2,(H,21,22)(H2,16,17,18,19,20). The molecule has 0 amide bonds. The highest BCUT2D eigenvalue weighted by atomic mass is 32.1. The van der Waals surface area contributed by atoms with Gasteiger partial charge in [-0.05, 0) is 17.7 Å². The van der Waals surface area contributed by atoms with Crippen molar-refractivity contribution < 1.29 is 9.90 Å². The second-order valence-electron chi connectivity index (χ2n) is 4.46. The minimum atomic E-state index is -1.00. The Hall–Kier alpha value is -3.07. The Morgan fingerprint density at radius 3 is 2.70 bits per heavy atom. The highest BCUT2D eigenvalue weighted by Gasteiger charge is 2.09. The van der Waals surface area contributed by atoms with Gasteiger partial charge in [-0.3, -0.25) is 4.98 Å². The van der Waals surface area contributed by atoms with E-state index in [2.05, 4.69) is 30.6 Å². The second-order valence-corrected chi connectivity index (χ2v) is 5.49. The number of hydrogen-bond donors (Lipinski definition) is 3. The third-order valence-electron chi connectivity index (χ3n) is 2.84. The second kappa shape index (κ2) is 6.79. The molecule has 0 unspecified atom stereocenters. The fourth-order valence-corrected chi connectivity index (χ4v) is 2.42. The summed E-state index contributed by atoms with van der Waals surface area (Å²) in [6.07, 6.45) is 6.18. The molecule has 0 bridgehead atoms. The number of aromatic carboxylic acids is 1. The molecule has 3 heterocycles. The lowest BCUT2D eigenvalue weighted by Crippen LogP contribution is -2.03. The fraction of sp³-hybridized carbons (Fsp3) is 0.0714. The number of pyridine rings is 1. The van der Waals surface area contributed by atoms with Gasteiger partial charge in [0.25, 0.3) is 0 Å². The molecule has 0 saturated carbocycles. The van der Waals surface area contributed by atoms with Crippen molar-refractivity contribution in [3.05, 3.63) is 53.6 Å². The highest BCUT2D eigenvalue weighted by Crippen LogP contribution is 2.22. The van der Waals surface area contributed by atoms with Crippen molar-refractivity contribution in [3.63, 3.8) is 0 Å². The maximum absolute atomic E-state index is 10.8. The topological polar surface area (TPSA) is 113 Å². The fourth-order valence-electron chi connectivity index (χ4n) is 1.76. The Morgan fingerprint density at radius 1 is 1.17 bits per heavy atom. The molecule has 3 aromatic rings. The predicted octanol–water partition coefficient (Wildman–Crippen LogP) is 2.38. The Balaban J connectivity index is 1.65. The zero-order valence-electron chi connectivity index (χ0n) is 11.8. The molecule has 0 aliphatic rings. The van der Waals surface area contributed by atoms with Crippen LogP contribution in [-0.2, 0) is 6.54 Å². The van der Waals surface area contributed by atoms with Crippen LogP contribution in [0, 0.1) is 0 Å². The molecular formula is C14H12N6O2S. The molecule has 0 aromatic carbocycles. The summed E-state index contributed by atoms with van der Waals surface area (Å²) in [5.41, 5.74) is 1.08. The molecule has 116 valence electrons. The van der Waals surface area contributed by atoms with Crippen molar-refractivity contribution in [2.24, 2.45) is 0 Å². The van der Waals surface area contributed by atoms with Crippen LogP contribution in [0.25, 0.3) is 0 Å². The van der Waals surface area contributed by atoms with E-state index >= 15 is 0 Å². The van der Waals surface area contributed by atoms with Crippen LogP contribution in [-0.4, -0.2) is 31.0 Å². The number of anilines is 3. The van der Waals surface area contributed by atoms with Crippen LogP contribution in [0.3, 0.4) is 0 Å². The quantitative estimate of drug-likeness (QED) is 0.632. The number of aromatic nitrogens is 4. The predicted molar refractivity (Wildman–Crippen MR) is 86.0 cm³/mol. The third kappa shape index (κ3) is 3.98. The van der Waals surface area contributed by atoms with Crippen molar-refractivity contribution in [1.29, 1.82) is 0 Å². The van der Waals surface area contributed by atoms with Gasteiger partial charge in [0.05, 0.1) is 6.20 Å². The zero-order valence-corrected chi connectivity index (χ0v) is 12.6. The van der Waals surface area contributed by atoms with Crippen LogP contribution in [0.4, 0.5) is 16.8 Å². The molecule has 23 heavy (non-hydrogen) atoms. The smallest absolute Gasteiger partial charge is 0.347 e. The number of carbonyl (C=O) groups is 1. The Labute approximate surface area is 135 Å². The van der Waals surface area contributed by atoms with Crippen LogP contribution in [0.1, 0.15) is 15.2 Å². The monoisotopic (exact) mass is 328 g/mol. The Bertz CT molecular complexity index is 808. The van der Waals surface area contributed by atoms with Gasteiger partial charge in [0, 0.05) is 25.0 Å². The van der Waals surface area contributed by atoms with E-state index in [4.69, 9.17) is 5.11 Å². The summed E-state index contributed by atoms with van der Waals surface area (Å²) >= 11 is 1.04. The van der Waals surface area contributed by atoms with Crippen molar-refractivity contribution in [2.75, 3.05) is 10.6 Å². The number of carboxylic acids is 1. The molecule has 3 rings (SSSR count). The molecule has 9 heteroatoms. The van der Waals surface area contributed by atoms with Crippen molar-refractivity contribution in [2.45, 2.75) is 6.54 Å². The van der Waals surface area contributed by atoms with Gasteiger partial charge in [0.15, 0.2) is 5.13 Å². The molecular weight excluding hydrogens is 316 g/mol. The summed E-state index contributed by atoms with van der Waals surface area (Å²) in [7, 11) is 0. The SMILES string of the molecule is O=C(O)c1cnc(Nc2cc(NCc3ccncc3)ncn2)s1. The first-order valence-corrected chi connectivity index (χ1v) is 7.43. The number of hydrogen-bond acceptors (Lipinski definition) is 8. The van der Waals surface area contributed by atoms with Crippen LogP contribution in [0.5, 0.6) is 0 Å². The maximum Gasteiger partial charge on any atom is 0.347 e. The number of nitrogens with one attached hydrogen (secondary N) is 2. The molecule has 0 aliphatic carbocycles. The lowest BCUT2D eigenvalue weighted by molar-refractivity contribution is 0.0702. The van der Waals surface area contributed by atoms with E-state index in [0.29, 0.717) is 23.3 Å². The molecule has 0 aliphatic heterocycles. The van der Waals surface area contributed by atoms with Crippen LogP contribution in [0.15, 0.2) is 43.1 Å². The summed E-state index contributed by atoms with van der Waals surface area (Å²) in [5.74, 6) is 0.177. The van der Waals surface area contributed by atoms with Gasteiger partial charge in [-0.1, -0.05) is 11.3 Å². The molecule has 3 aromatic heterocycles. The van der Waals surface area contributed by atoms with E-state index in [1.165, 1.54) is 12.5 Å². The van der Waals surface area contributed by atoms with Crippen molar-refractivity contribution >= 4 is 34.1 Å². The number of thiazole rings is 1. The minimum Gasteiger partial charge on any atom is -0.477 e. The molecule has 0 radical (unpaired) electrons. The van der Waals surface area contributed by atoms with Gasteiger partial charge in [-0.2, -0.15) is 0 Å². The first-order chi connectivity index (χ1) is 11.2. The van der Waals surface area contributed by atoms with E-state index < -0.39 is 5.97 Å². The van der Waals surface area contributed by atoms with Gasteiger partial charge in [0.2, 0.25) is 0 Å². The zero-order chi connectivity index (χ0) is 16.1. The first-order valence-electron chi connectivity index (χ1n) is 6.61. The lowest BCUT2D eigenvalue weighted by atomic mass is 10.3. The van der Waals surface area contributed by atoms with Crippen LogP contribution in [0.2, 0.25) is 0 Å². The van der Waals surface area contributed by atoms with Gasteiger partial charge >= 0.3 is 5.97 Å². The molecule has 8 nitrogen and oxygen atoms in total. The summed E-state index contributed by atoms with van der Waals surface area (Å²) < 4.78 is 0. The number of nitrogens with zero attached hydrogens (tertiary/aromatic N) is 4. The van der Waals surface area contributed by atoms with E-state index in [0.717, 1.165) is 16.9 Å². The molecule has 0 fully saturated rings. The summed E-state index contributed by atoms with van der Waals surface area (Å²) in [4.78, 5) is 27.2. The van der Waals surface area contributed by atoms with Crippen molar-refractivity contribution in [1.82, 2.24) is 19.9 Å². The van der Waals surface area contributed by atoms with Crippen molar-refractivity contribution in [3.8, 4) is 0 Å². The van der Waals surface area contributed by atoms with Gasteiger partial charge in [-0.25, -0.2) is 19.7 Å². The third-order valence-corrected chi connectivity index (χ3v) is 3.74. The summed E-state index contributed by atoms with van der Waals surface area (Å²) in [6, 6.07) is 5.55. The van der Waals surface area contributed by atoms with E-state index in [9.17, 15) is 4.79 Å². The van der Waals surface area contributed by atoms with Gasteiger partial charge < -0.3 is 15.7 Å². The first kappa shape index (κ1) is 14.9. The minimum absolute atomic E-state index is 0.164. The molecule has 0 spiro atoms. The Kier molecular flexibility index (Phi) is 4.39. The largest absolute Gasteiger partial charge is 0.477 e.